The first kappa shape index (κ1) is 17.3. The minimum Gasteiger partial charge on any atom is -0.490 e. The first-order valence-electron chi connectivity index (χ1n) is 8.24. The third-order valence-corrected chi connectivity index (χ3v) is 5.33. The number of pyridine rings is 1. The molecule has 9 nitrogen and oxygen atoms in total. The Labute approximate surface area is 155 Å². The molecule has 27 heavy (non-hydrogen) atoms. The summed E-state index contributed by atoms with van der Waals surface area (Å²) in [7, 11) is -3.84. The van der Waals surface area contributed by atoms with E-state index in [-0.39, 0.29) is 18.3 Å². The van der Waals surface area contributed by atoms with Gasteiger partial charge in [-0.15, -0.1) is 4.40 Å². The summed E-state index contributed by atoms with van der Waals surface area (Å²) < 4.78 is 35.0. The quantitative estimate of drug-likeness (QED) is 0.694. The Kier molecular flexibility index (Phi) is 3.99. The molecule has 0 unspecified atom stereocenters. The lowest BCUT2D eigenvalue weighted by atomic mass is 10.1. The molecule has 1 saturated carbocycles. The van der Waals surface area contributed by atoms with E-state index in [1.54, 1.807) is 42.7 Å². The topological polar surface area (TPSA) is 136 Å². The van der Waals surface area contributed by atoms with Gasteiger partial charge in [0.15, 0.2) is 5.84 Å². The molecule has 1 aromatic heterocycles. The van der Waals surface area contributed by atoms with Crippen LogP contribution in [0, 0.1) is 0 Å². The summed E-state index contributed by atoms with van der Waals surface area (Å²) in [4.78, 5) is 16.3. The first-order chi connectivity index (χ1) is 12.9. The van der Waals surface area contributed by atoms with Crippen molar-refractivity contribution in [2.24, 2.45) is 10.1 Å². The van der Waals surface area contributed by atoms with Crippen LogP contribution in [-0.4, -0.2) is 37.3 Å². The highest BCUT2D eigenvalue weighted by Crippen LogP contribution is 2.38. The Hall–Kier alpha value is -3.14. The number of hydrogen-bond donors (Lipinski definition) is 3. The predicted octanol–water partition coefficient (Wildman–Crippen LogP) is 0.799. The van der Waals surface area contributed by atoms with Gasteiger partial charge in [-0.2, -0.15) is 8.42 Å². The molecule has 0 spiro atoms. The van der Waals surface area contributed by atoms with Crippen molar-refractivity contribution in [2.75, 3.05) is 11.3 Å². The van der Waals surface area contributed by atoms with Gasteiger partial charge in [-0.1, -0.05) is 6.07 Å². The molecule has 1 fully saturated rings. The Bertz CT molecular complexity index is 1030. The van der Waals surface area contributed by atoms with Crippen molar-refractivity contribution >= 4 is 27.6 Å². The molecule has 140 valence electrons. The van der Waals surface area contributed by atoms with Gasteiger partial charge in [0.25, 0.3) is 5.91 Å². The zero-order valence-electron chi connectivity index (χ0n) is 14.2. The zero-order valence-corrected chi connectivity index (χ0v) is 15.0. The zero-order chi connectivity index (χ0) is 19.1. The molecule has 0 bridgehead atoms. The number of fused-ring (bicyclic) bond motifs is 1. The molecule has 1 aliphatic heterocycles. The summed E-state index contributed by atoms with van der Waals surface area (Å²) in [6.07, 6.45) is 4.69. The van der Waals surface area contributed by atoms with Crippen LogP contribution in [0.1, 0.15) is 28.8 Å². The van der Waals surface area contributed by atoms with Gasteiger partial charge in [-0.3, -0.25) is 14.5 Å². The molecule has 2 aliphatic rings. The molecule has 0 radical (unpaired) electrons. The predicted molar refractivity (Wildman–Crippen MR) is 98.9 cm³/mol. The van der Waals surface area contributed by atoms with Crippen molar-refractivity contribution in [2.45, 2.75) is 18.4 Å². The van der Waals surface area contributed by atoms with E-state index in [1.165, 1.54) is 0 Å². The van der Waals surface area contributed by atoms with Crippen LogP contribution in [0.2, 0.25) is 0 Å². The SMILES string of the molecule is NC1=NS(=O)(=O)Nc2cccc(OCC3(NC(=O)c4ccncc4)CC3)c21. The molecule has 1 aromatic carbocycles. The van der Waals surface area contributed by atoms with Crippen molar-refractivity contribution in [3.8, 4) is 5.75 Å². The molecule has 1 amide bonds. The summed E-state index contributed by atoms with van der Waals surface area (Å²) in [6, 6.07) is 8.21. The molecule has 10 heteroatoms. The largest absolute Gasteiger partial charge is 0.490 e. The van der Waals surface area contributed by atoms with Crippen LogP contribution >= 0.6 is 0 Å². The average molecular weight is 387 g/mol. The Balaban J connectivity index is 1.49. The Morgan fingerprint density at radius 3 is 2.70 bits per heavy atom. The third kappa shape index (κ3) is 3.56. The van der Waals surface area contributed by atoms with Crippen LogP contribution in [0.15, 0.2) is 47.1 Å². The van der Waals surface area contributed by atoms with Crippen LogP contribution in [0.5, 0.6) is 5.75 Å². The van der Waals surface area contributed by atoms with Gasteiger partial charge >= 0.3 is 10.2 Å². The summed E-state index contributed by atoms with van der Waals surface area (Å²) in [5.41, 5.74) is 6.58. The second-order valence-corrected chi connectivity index (χ2v) is 7.83. The molecular weight excluding hydrogens is 370 g/mol. The van der Waals surface area contributed by atoms with Crippen LogP contribution in [0.25, 0.3) is 0 Å². The maximum atomic E-state index is 12.4. The van der Waals surface area contributed by atoms with E-state index >= 15 is 0 Å². The van der Waals surface area contributed by atoms with Gasteiger partial charge in [-0.25, -0.2) is 0 Å². The minimum absolute atomic E-state index is 0.134. The lowest BCUT2D eigenvalue weighted by Gasteiger charge is -2.22. The standard InChI is InChI=1S/C17H17N5O4S/c18-15-14-12(21-27(24,25)22-15)2-1-3-13(14)26-10-17(6-7-17)20-16(23)11-4-8-19-9-5-11/h1-5,8-9,21H,6-7,10H2,(H2,18,22)(H,20,23). The number of amidine groups is 1. The number of ether oxygens (including phenoxy) is 1. The monoisotopic (exact) mass is 387 g/mol. The van der Waals surface area contributed by atoms with E-state index in [0.717, 1.165) is 12.8 Å². The highest BCUT2D eigenvalue weighted by atomic mass is 32.2. The maximum Gasteiger partial charge on any atom is 0.344 e. The van der Waals surface area contributed by atoms with Gasteiger partial charge in [0.1, 0.15) is 12.4 Å². The van der Waals surface area contributed by atoms with E-state index in [2.05, 4.69) is 19.4 Å². The highest BCUT2D eigenvalue weighted by Gasteiger charge is 2.45. The number of rotatable bonds is 5. The van der Waals surface area contributed by atoms with E-state index < -0.39 is 15.7 Å². The number of benzene rings is 1. The van der Waals surface area contributed by atoms with Gasteiger partial charge in [-0.05, 0) is 37.1 Å². The molecule has 2 aromatic rings. The number of aromatic nitrogens is 1. The number of amides is 1. The van der Waals surface area contributed by atoms with Crippen LogP contribution in [0.4, 0.5) is 5.69 Å². The number of carbonyl (C=O) groups is 1. The van der Waals surface area contributed by atoms with Crippen LogP contribution in [-0.2, 0) is 10.2 Å². The lowest BCUT2D eigenvalue weighted by Crippen LogP contribution is -2.41. The molecule has 0 atom stereocenters. The van der Waals surface area contributed by atoms with E-state index in [9.17, 15) is 13.2 Å². The molecule has 4 rings (SSSR count). The number of carbonyl (C=O) groups excluding carboxylic acids is 1. The smallest absolute Gasteiger partial charge is 0.344 e. The van der Waals surface area contributed by atoms with Gasteiger partial charge < -0.3 is 15.8 Å². The maximum absolute atomic E-state index is 12.4. The number of nitrogens with zero attached hydrogens (tertiary/aromatic N) is 2. The van der Waals surface area contributed by atoms with Crippen molar-refractivity contribution in [1.29, 1.82) is 0 Å². The number of nitrogens with one attached hydrogen (secondary N) is 2. The molecule has 0 saturated heterocycles. The minimum atomic E-state index is -3.84. The third-order valence-electron chi connectivity index (χ3n) is 4.42. The molecular formula is C17H17N5O4S. The number of nitrogens with two attached hydrogens (primary N) is 1. The van der Waals surface area contributed by atoms with Gasteiger partial charge in [0.05, 0.1) is 16.8 Å². The second-order valence-electron chi connectivity index (χ2n) is 6.49. The first-order valence-corrected chi connectivity index (χ1v) is 9.68. The van der Waals surface area contributed by atoms with Gasteiger partial charge in [0.2, 0.25) is 0 Å². The number of hydrogen-bond acceptors (Lipinski definition) is 6. The second kappa shape index (κ2) is 6.23. The number of anilines is 1. The Morgan fingerprint density at radius 1 is 1.26 bits per heavy atom. The van der Waals surface area contributed by atoms with Crippen molar-refractivity contribution < 1.29 is 17.9 Å². The van der Waals surface area contributed by atoms with Crippen molar-refractivity contribution in [3.63, 3.8) is 0 Å². The normalized spacial score (nSPS) is 18.4. The van der Waals surface area contributed by atoms with E-state index in [0.29, 0.717) is 22.6 Å². The average Bonchev–Trinajstić information content (AvgIpc) is 3.39. The lowest BCUT2D eigenvalue weighted by molar-refractivity contribution is 0.0913. The van der Waals surface area contributed by atoms with Gasteiger partial charge in [0, 0.05) is 18.0 Å². The van der Waals surface area contributed by atoms with Crippen molar-refractivity contribution in [3.05, 3.63) is 53.9 Å². The molecule has 2 heterocycles. The summed E-state index contributed by atoms with van der Waals surface area (Å²) in [5, 5.41) is 2.99. The van der Waals surface area contributed by atoms with E-state index in [4.69, 9.17) is 10.5 Å². The molecule has 1 aliphatic carbocycles. The summed E-state index contributed by atoms with van der Waals surface area (Å²) in [6.45, 7) is 0.236. The summed E-state index contributed by atoms with van der Waals surface area (Å²) >= 11 is 0. The van der Waals surface area contributed by atoms with E-state index in [1.807, 2.05) is 0 Å². The van der Waals surface area contributed by atoms with Crippen LogP contribution in [0.3, 0.4) is 0 Å². The fourth-order valence-electron chi connectivity index (χ4n) is 2.83. The van der Waals surface area contributed by atoms with Crippen LogP contribution < -0.4 is 20.5 Å². The summed E-state index contributed by atoms with van der Waals surface area (Å²) in [5.74, 6) is 0.0769. The molecule has 4 N–H and O–H groups in total. The highest BCUT2D eigenvalue weighted by molar-refractivity contribution is 7.91. The Morgan fingerprint density at radius 2 is 2.00 bits per heavy atom. The van der Waals surface area contributed by atoms with Crippen molar-refractivity contribution in [1.82, 2.24) is 10.3 Å². The fraction of sp³-hybridized carbons (Fsp3) is 0.235. The fourth-order valence-corrected chi connectivity index (χ4v) is 3.67.